The van der Waals surface area contributed by atoms with Crippen LogP contribution in [0.1, 0.15) is 18.9 Å². The molecule has 0 saturated heterocycles. The fourth-order valence-electron chi connectivity index (χ4n) is 2.11. The van der Waals surface area contributed by atoms with E-state index in [9.17, 15) is 9.59 Å². The van der Waals surface area contributed by atoms with Gasteiger partial charge in [-0.3, -0.25) is 4.79 Å². The Hall–Kier alpha value is -2.88. The number of nitrogens with one attached hydrogen (secondary N) is 1. The van der Waals surface area contributed by atoms with Gasteiger partial charge in [0.05, 0.1) is 13.0 Å². The number of hydrogen-bond acceptors (Lipinski definition) is 3. The van der Waals surface area contributed by atoms with Crippen LogP contribution in [0.25, 0.3) is 5.57 Å². The molecule has 4 heteroatoms. The quantitative estimate of drug-likeness (QED) is 0.654. The number of esters is 1. The lowest BCUT2D eigenvalue weighted by molar-refractivity contribution is -0.137. The number of hydrogen-bond donors (Lipinski definition) is 1. The SMILES string of the molecule is CCOC(=O)C=C(CC(=O)Nc1ccccc1)c1ccccc1. The topological polar surface area (TPSA) is 55.4 Å². The number of carbonyl (C=O) groups is 2. The highest BCUT2D eigenvalue weighted by atomic mass is 16.5. The lowest BCUT2D eigenvalue weighted by atomic mass is 10.0. The Morgan fingerprint density at radius 1 is 1.00 bits per heavy atom. The molecule has 0 radical (unpaired) electrons. The van der Waals surface area contributed by atoms with Crippen LogP contribution in [0.15, 0.2) is 66.7 Å². The van der Waals surface area contributed by atoms with Gasteiger partial charge in [0, 0.05) is 11.8 Å². The van der Waals surface area contributed by atoms with Gasteiger partial charge in [0.2, 0.25) is 5.91 Å². The summed E-state index contributed by atoms with van der Waals surface area (Å²) >= 11 is 0. The van der Waals surface area contributed by atoms with Gasteiger partial charge in [-0.1, -0.05) is 48.5 Å². The fraction of sp³-hybridized carbons (Fsp3) is 0.158. The molecule has 0 fully saturated rings. The van der Waals surface area contributed by atoms with E-state index < -0.39 is 5.97 Å². The van der Waals surface area contributed by atoms with Crippen molar-refractivity contribution in [2.45, 2.75) is 13.3 Å². The first kappa shape index (κ1) is 16.5. The monoisotopic (exact) mass is 309 g/mol. The van der Waals surface area contributed by atoms with Crippen molar-refractivity contribution >= 4 is 23.1 Å². The summed E-state index contributed by atoms with van der Waals surface area (Å²) < 4.78 is 4.95. The van der Waals surface area contributed by atoms with Crippen LogP contribution >= 0.6 is 0 Å². The predicted molar refractivity (Wildman–Crippen MR) is 90.7 cm³/mol. The van der Waals surface area contributed by atoms with E-state index in [4.69, 9.17) is 4.74 Å². The van der Waals surface area contributed by atoms with E-state index in [1.54, 1.807) is 6.92 Å². The first-order valence-corrected chi connectivity index (χ1v) is 7.46. The normalized spacial score (nSPS) is 10.9. The van der Waals surface area contributed by atoms with Gasteiger partial charge in [-0.15, -0.1) is 0 Å². The highest BCUT2D eigenvalue weighted by Gasteiger charge is 2.11. The summed E-state index contributed by atoms with van der Waals surface area (Å²) in [7, 11) is 0. The molecule has 1 amide bonds. The summed E-state index contributed by atoms with van der Waals surface area (Å²) in [6.07, 6.45) is 1.47. The number of anilines is 1. The Morgan fingerprint density at radius 3 is 2.22 bits per heavy atom. The molecule has 2 aromatic carbocycles. The van der Waals surface area contributed by atoms with Crippen molar-refractivity contribution in [1.29, 1.82) is 0 Å². The Labute approximate surface area is 135 Å². The molecule has 118 valence electrons. The van der Waals surface area contributed by atoms with Crippen LogP contribution in [-0.2, 0) is 14.3 Å². The molecule has 0 aliphatic rings. The van der Waals surface area contributed by atoms with Crippen molar-refractivity contribution in [2.24, 2.45) is 0 Å². The molecule has 0 aliphatic heterocycles. The zero-order chi connectivity index (χ0) is 16.5. The van der Waals surface area contributed by atoms with E-state index in [1.165, 1.54) is 6.08 Å². The van der Waals surface area contributed by atoms with Crippen molar-refractivity contribution in [3.63, 3.8) is 0 Å². The number of rotatable bonds is 6. The maximum Gasteiger partial charge on any atom is 0.331 e. The summed E-state index contributed by atoms with van der Waals surface area (Å²) in [5.41, 5.74) is 2.17. The number of ether oxygens (including phenoxy) is 1. The highest BCUT2D eigenvalue weighted by molar-refractivity contribution is 6.01. The van der Waals surface area contributed by atoms with E-state index in [0.29, 0.717) is 12.2 Å². The second kappa shape index (κ2) is 8.54. The summed E-state index contributed by atoms with van der Waals surface area (Å²) in [6.45, 7) is 2.05. The van der Waals surface area contributed by atoms with Gasteiger partial charge in [0.25, 0.3) is 0 Å². The Bertz CT molecular complexity index is 678. The minimum atomic E-state index is -0.445. The maximum absolute atomic E-state index is 12.2. The Kier molecular flexibility index (Phi) is 6.12. The van der Waals surface area contributed by atoms with Gasteiger partial charge in [-0.25, -0.2) is 4.79 Å². The molecule has 0 aromatic heterocycles. The molecule has 0 bridgehead atoms. The van der Waals surface area contributed by atoms with Gasteiger partial charge in [-0.05, 0) is 30.2 Å². The minimum absolute atomic E-state index is 0.0950. The van der Waals surface area contributed by atoms with Crippen LogP contribution in [0.3, 0.4) is 0 Å². The molecule has 2 rings (SSSR count). The molecule has 0 heterocycles. The van der Waals surface area contributed by atoms with Gasteiger partial charge in [0.15, 0.2) is 0 Å². The summed E-state index contributed by atoms with van der Waals surface area (Å²) in [4.78, 5) is 24.0. The molecule has 1 N–H and O–H groups in total. The van der Waals surface area contributed by atoms with E-state index in [0.717, 1.165) is 11.3 Å². The van der Waals surface area contributed by atoms with E-state index in [2.05, 4.69) is 5.32 Å². The molecule has 2 aromatic rings. The number of benzene rings is 2. The van der Waals surface area contributed by atoms with Crippen LogP contribution < -0.4 is 5.32 Å². The molecule has 0 saturated carbocycles. The van der Waals surface area contributed by atoms with Crippen LogP contribution in [0.5, 0.6) is 0 Å². The summed E-state index contributed by atoms with van der Waals surface area (Å²) in [6, 6.07) is 18.5. The first-order valence-electron chi connectivity index (χ1n) is 7.46. The van der Waals surface area contributed by atoms with Crippen molar-refractivity contribution in [3.8, 4) is 0 Å². The zero-order valence-corrected chi connectivity index (χ0v) is 13.0. The number of carbonyl (C=O) groups excluding carboxylic acids is 2. The Morgan fingerprint density at radius 2 is 1.61 bits per heavy atom. The number of para-hydroxylation sites is 1. The Balaban J connectivity index is 2.14. The second-order valence-corrected chi connectivity index (χ2v) is 4.88. The molecule has 0 spiro atoms. The van der Waals surface area contributed by atoms with Crippen LogP contribution in [-0.4, -0.2) is 18.5 Å². The van der Waals surface area contributed by atoms with Crippen molar-refractivity contribution in [2.75, 3.05) is 11.9 Å². The average molecular weight is 309 g/mol. The minimum Gasteiger partial charge on any atom is -0.463 e. The molecule has 0 aliphatic carbocycles. The molecular weight excluding hydrogens is 290 g/mol. The summed E-state index contributed by atoms with van der Waals surface area (Å²) in [5.74, 6) is -0.630. The third kappa shape index (κ3) is 5.43. The standard InChI is InChI=1S/C19H19NO3/c1-2-23-19(22)14-16(15-9-5-3-6-10-15)13-18(21)20-17-11-7-4-8-12-17/h3-12,14H,2,13H2,1H3,(H,20,21). The van der Waals surface area contributed by atoms with Gasteiger partial charge in [-0.2, -0.15) is 0 Å². The van der Waals surface area contributed by atoms with Crippen LogP contribution in [0.4, 0.5) is 5.69 Å². The van der Waals surface area contributed by atoms with Gasteiger partial charge >= 0.3 is 5.97 Å². The molecular formula is C19H19NO3. The molecule has 0 atom stereocenters. The van der Waals surface area contributed by atoms with E-state index >= 15 is 0 Å². The average Bonchev–Trinajstić information content (AvgIpc) is 2.56. The molecule has 0 unspecified atom stereocenters. The third-order valence-electron chi connectivity index (χ3n) is 3.13. The van der Waals surface area contributed by atoms with Crippen LogP contribution in [0.2, 0.25) is 0 Å². The van der Waals surface area contributed by atoms with E-state index in [1.807, 2.05) is 60.7 Å². The van der Waals surface area contributed by atoms with Crippen molar-refractivity contribution < 1.29 is 14.3 Å². The zero-order valence-electron chi connectivity index (χ0n) is 13.0. The summed E-state index contributed by atoms with van der Waals surface area (Å²) in [5, 5.41) is 2.82. The van der Waals surface area contributed by atoms with E-state index in [-0.39, 0.29) is 12.3 Å². The molecule has 4 nitrogen and oxygen atoms in total. The van der Waals surface area contributed by atoms with Gasteiger partial charge in [0.1, 0.15) is 0 Å². The third-order valence-corrected chi connectivity index (χ3v) is 3.13. The lowest BCUT2D eigenvalue weighted by Crippen LogP contribution is -2.12. The number of amides is 1. The van der Waals surface area contributed by atoms with Gasteiger partial charge < -0.3 is 10.1 Å². The maximum atomic E-state index is 12.2. The fourth-order valence-corrected chi connectivity index (χ4v) is 2.11. The largest absolute Gasteiger partial charge is 0.463 e. The first-order chi connectivity index (χ1) is 11.2. The predicted octanol–water partition coefficient (Wildman–Crippen LogP) is 3.66. The second-order valence-electron chi connectivity index (χ2n) is 4.88. The lowest BCUT2D eigenvalue weighted by Gasteiger charge is -2.09. The smallest absolute Gasteiger partial charge is 0.331 e. The molecule has 23 heavy (non-hydrogen) atoms. The van der Waals surface area contributed by atoms with Crippen molar-refractivity contribution in [1.82, 2.24) is 0 Å². The van der Waals surface area contributed by atoms with Crippen LogP contribution in [0, 0.1) is 0 Å². The highest BCUT2D eigenvalue weighted by Crippen LogP contribution is 2.19. The van der Waals surface area contributed by atoms with Crippen molar-refractivity contribution in [3.05, 3.63) is 72.3 Å².